The van der Waals surface area contributed by atoms with Crippen molar-refractivity contribution in [1.29, 1.82) is 0 Å². The average Bonchev–Trinajstić information content (AvgIpc) is 2.41. The molecular weight excluding hydrogens is 240 g/mol. The van der Waals surface area contributed by atoms with E-state index in [0.717, 1.165) is 51.7 Å². The zero-order valence-electron chi connectivity index (χ0n) is 12.5. The number of ether oxygens (including phenoxy) is 1. The maximum absolute atomic E-state index is 12.0. The van der Waals surface area contributed by atoms with Crippen molar-refractivity contribution in [1.82, 2.24) is 5.32 Å². The van der Waals surface area contributed by atoms with E-state index in [1.165, 1.54) is 0 Å². The van der Waals surface area contributed by atoms with Gasteiger partial charge in [-0.25, -0.2) is 0 Å². The topological polar surface area (TPSA) is 64.3 Å². The molecule has 0 bridgehead atoms. The second kappa shape index (κ2) is 9.32. The molecule has 1 aliphatic rings. The van der Waals surface area contributed by atoms with Gasteiger partial charge >= 0.3 is 0 Å². The number of rotatable bonds is 8. The summed E-state index contributed by atoms with van der Waals surface area (Å²) in [5.41, 5.74) is 5.98. The minimum absolute atomic E-state index is 0.0860. The number of hydrogen-bond acceptors (Lipinski definition) is 3. The highest BCUT2D eigenvalue weighted by atomic mass is 16.5. The summed E-state index contributed by atoms with van der Waals surface area (Å²) in [4.78, 5) is 12.0. The number of nitrogens with two attached hydrogens (primary N) is 1. The second-order valence-electron chi connectivity index (χ2n) is 5.73. The van der Waals surface area contributed by atoms with E-state index in [1.54, 1.807) is 0 Å². The predicted octanol–water partition coefficient (Wildman–Crippen LogP) is 2.07. The standard InChI is InChI=1S/C15H30N2O2/c1-3-9-19-10-5-8-17-15(18)12(2)13-6-4-7-14(16)11-13/h12-14H,3-11,16H2,1-2H3,(H,17,18). The minimum atomic E-state index is 0.0860. The first-order chi connectivity index (χ1) is 9.15. The van der Waals surface area contributed by atoms with Gasteiger partial charge in [-0.2, -0.15) is 0 Å². The normalized spacial score (nSPS) is 25.0. The van der Waals surface area contributed by atoms with Gasteiger partial charge in [-0.15, -0.1) is 0 Å². The minimum Gasteiger partial charge on any atom is -0.381 e. The highest BCUT2D eigenvalue weighted by Crippen LogP contribution is 2.29. The van der Waals surface area contributed by atoms with Gasteiger partial charge in [-0.05, 0) is 38.0 Å². The third-order valence-electron chi connectivity index (χ3n) is 3.99. The summed E-state index contributed by atoms with van der Waals surface area (Å²) in [6, 6.07) is 0.288. The molecule has 0 aromatic carbocycles. The first-order valence-corrected chi connectivity index (χ1v) is 7.76. The fraction of sp³-hybridized carbons (Fsp3) is 0.933. The molecule has 1 fully saturated rings. The summed E-state index contributed by atoms with van der Waals surface area (Å²) in [6.07, 6.45) is 6.35. The van der Waals surface area contributed by atoms with Gasteiger partial charge in [0, 0.05) is 31.7 Å². The van der Waals surface area contributed by atoms with Crippen LogP contribution in [0.1, 0.15) is 52.4 Å². The number of carbonyl (C=O) groups excluding carboxylic acids is 1. The van der Waals surface area contributed by atoms with Crippen LogP contribution in [0.15, 0.2) is 0 Å². The number of amides is 1. The first-order valence-electron chi connectivity index (χ1n) is 7.76. The Morgan fingerprint density at radius 1 is 1.42 bits per heavy atom. The smallest absolute Gasteiger partial charge is 0.223 e. The van der Waals surface area contributed by atoms with Crippen LogP contribution >= 0.6 is 0 Å². The Balaban J connectivity index is 2.14. The Bertz CT molecular complexity index is 259. The highest BCUT2D eigenvalue weighted by Gasteiger charge is 2.28. The Hall–Kier alpha value is -0.610. The van der Waals surface area contributed by atoms with Crippen molar-refractivity contribution < 1.29 is 9.53 Å². The lowest BCUT2D eigenvalue weighted by Gasteiger charge is -2.30. The number of carbonyl (C=O) groups is 1. The summed E-state index contributed by atoms with van der Waals surface area (Å²) in [7, 11) is 0. The van der Waals surface area contributed by atoms with E-state index >= 15 is 0 Å². The van der Waals surface area contributed by atoms with Gasteiger partial charge in [-0.3, -0.25) is 4.79 Å². The predicted molar refractivity (Wildman–Crippen MR) is 77.8 cm³/mol. The molecule has 1 aliphatic carbocycles. The molecule has 0 spiro atoms. The van der Waals surface area contributed by atoms with Gasteiger partial charge < -0.3 is 15.8 Å². The average molecular weight is 270 g/mol. The Kier molecular flexibility index (Phi) is 8.07. The van der Waals surface area contributed by atoms with Crippen molar-refractivity contribution >= 4 is 5.91 Å². The fourth-order valence-corrected chi connectivity index (χ4v) is 2.73. The van der Waals surface area contributed by atoms with Gasteiger partial charge in [0.05, 0.1) is 0 Å². The first kappa shape index (κ1) is 16.4. The summed E-state index contributed by atoms with van der Waals surface area (Å²) < 4.78 is 5.39. The largest absolute Gasteiger partial charge is 0.381 e. The Morgan fingerprint density at radius 2 is 2.21 bits per heavy atom. The van der Waals surface area contributed by atoms with Gasteiger partial charge in [0.2, 0.25) is 5.91 Å². The van der Waals surface area contributed by atoms with E-state index in [9.17, 15) is 4.79 Å². The second-order valence-corrected chi connectivity index (χ2v) is 5.73. The molecule has 1 amide bonds. The number of hydrogen-bond donors (Lipinski definition) is 2. The van der Waals surface area contributed by atoms with E-state index in [4.69, 9.17) is 10.5 Å². The van der Waals surface area contributed by atoms with Gasteiger partial charge in [-0.1, -0.05) is 20.3 Å². The third kappa shape index (κ3) is 6.39. The molecule has 3 N–H and O–H groups in total. The molecule has 1 rings (SSSR count). The van der Waals surface area contributed by atoms with Gasteiger partial charge in [0.1, 0.15) is 0 Å². The van der Waals surface area contributed by atoms with Crippen LogP contribution in [-0.2, 0) is 9.53 Å². The molecule has 0 aromatic rings. The van der Waals surface area contributed by atoms with Crippen LogP contribution in [0.3, 0.4) is 0 Å². The monoisotopic (exact) mass is 270 g/mol. The molecule has 19 heavy (non-hydrogen) atoms. The molecule has 4 heteroatoms. The summed E-state index contributed by atoms with van der Waals surface area (Å²) in [5, 5.41) is 3.01. The van der Waals surface area contributed by atoms with Crippen molar-refractivity contribution in [2.45, 2.75) is 58.4 Å². The highest BCUT2D eigenvalue weighted by molar-refractivity contribution is 5.78. The lowest BCUT2D eigenvalue weighted by atomic mass is 9.78. The van der Waals surface area contributed by atoms with Crippen molar-refractivity contribution in [3.63, 3.8) is 0 Å². The molecule has 3 unspecified atom stereocenters. The Labute approximate surface area is 117 Å². The van der Waals surface area contributed by atoms with E-state index < -0.39 is 0 Å². The quantitative estimate of drug-likeness (QED) is 0.664. The van der Waals surface area contributed by atoms with E-state index in [1.807, 2.05) is 6.92 Å². The Morgan fingerprint density at radius 3 is 2.89 bits per heavy atom. The molecule has 3 atom stereocenters. The van der Waals surface area contributed by atoms with E-state index in [2.05, 4.69) is 12.2 Å². The van der Waals surface area contributed by atoms with Crippen LogP contribution in [0.5, 0.6) is 0 Å². The zero-order chi connectivity index (χ0) is 14.1. The summed E-state index contributed by atoms with van der Waals surface area (Å²) >= 11 is 0. The third-order valence-corrected chi connectivity index (χ3v) is 3.99. The van der Waals surface area contributed by atoms with Gasteiger partial charge in [0.15, 0.2) is 0 Å². The molecule has 1 saturated carbocycles. The van der Waals surface area contributed by atoms with Crippen LogP contribution in [0.25, 0.3) is 0 Å². The summed E-state index contributed by atoms with van der Waals surface area (Å²) in [5.74, 6) is 0.720. The summed E-state index contributed by atoms with van der Waals surface area (Å²) in [6.45, 7) is 6.39. The van der Waals surface area contributed by atoms with Gasteiger partial charge in [0.25, 0.3) is 0 Å². The van der Waals surface area contributed by atoms with Crippen LogP contribution < -0.4 is 11.1 Å². The van der Waals surface area contributed by atoms with E-state index in [0.29, 0.717) is 12.5 Å². The molecule has 0 radical (unpaired) electrons. The van der Waals surface area contributed by atoms with Crippen molar-refractivity contribution in [3.05, 3.63) is 0 Å². The van der Waals surface area contributed by atoms with Crippen LogP contribution in [0.4, 0.5) is 0 Å². The van der Waals surface area contributed by atoms with E-state index in [-0.39, 0.29) is 17.9 Å². The van der Waals surface area contributed by atoms with Crippen LogP contribution in [0.2, 0.25) is 0 Å². The molecule has 112 valence electrons. The zero-order valence-corrected chi connectivity index (χ0v) is 12.5. The molecule has 4 nitrogen and oxygen atoms in total. The lowest BCUT2D eigenvalue weighted by molar-refractivity contribution is -0.126. The lowest BCUT2D eigenvalue weighted by Crippen LogP contribution is -2.38. The fourth-order valence-electron chi connectivity index (χ4n) is 2.73. The van der Waals surface area contributed by atoms with Crippen molar-refractivity contribution in [3.8, 4) is 0 Å². The molecule has 0 aromatic heterocycles. The van der Waals surface area contributed by atoms with Crippen molar-refractivity contribution in [2.75, 3.05) is 19.8 Å². The van der Waals surface area contributed by atoms with Crippen LogP contribution in [-0.4, -0.2) is 31.7 Å². The maximum Gasteiger partial charge on any atom is 0.223 e. The van der Waals surface area contributed by atoms with Crippen molar-refractivity contribution in [2.24, 2.45) is 17.6 Å². The molecule has 0 aliphatic heterocycles. The molecule has 0 heterocycles. The maximum atomic E-state index is 12.0. The molecular formula is C15H30N2O2. The number of nitrogens with one attached hydrogen (secondary N) is 1. The SMILES string of the molecule is CCCOCCCNC(=O)C(C)C1CCCC(N)C1. The van der Waals surface area contributed by atoms with Crippen LogP contribution in [0, 0.1) is 11.8 Å². The molecule has 0 saturated heterocycles.